The number of hydrogen-bond donors (Lipinski definition) is 1. The number of nitrogens with two attached hydrogens (primary N) is 1. The van der Waals surface area contributed by atoms with Gasteiger partial charge >= 0.3 is 6.18 Å². The Morgan fingerprint density at radius 1 is 1.33 bits per heavy atom. The number of alkyl halides is 3. The molecule has 0 saturated heterocycles. The highest BCUT2D eigenvalue weighted by atomic mass is 79.9. The van der Waals surface area contributed by atoms with Gasteiger partial charge in [-0.1, -0.05) is 22.9 Å². The van der Waals surface area contributed by atoms with E-state index in [1.165, 1.54) is 0 Å². The predicted octanol–water partition coefficient (Wildman–Crippen LogP) is 3.88. The van der Waals surface area contributed by atoms with Crippen LogP contribution < -0.4 is 5.73 Å². The van der Waals surface area contributed by atoms with Crippen LogP contribution in [0.15, 0.2) is 22.7 Å². The monoisotopic (exact) mass is 281 g/mol. The molecule has 1 atom stereocenters. The van der Waals surface area contributed by atoms with Gasteiger partial charge in [-0.25, -0.2) is 0 Å². The SMILES string of the molecule is CC[C@@H](N)c1cc(Br)cc(C(F)(F)F)c1. The maximum Gasteiger partial charge on any atom is 0.416 e. The molecule has 0 radical (unpaired) electrons. The van der Waals surface area contributed by atoms with Crippen molar-refractivity contribution in [3.63, 3.8) is 0 Å². The molecule has 0 spiro atoms. The van der Waals surface area contributed by atoms with Gasteiger partial charge in [0.05, 0.1) is 5.56 Å². The summed E-state index contributed by atoms with van der Waals surface area (Å²) in [5.74, 6) is 0. The summed E-state index contributed by atoms with van der Waals surface area (Å²) in [6.07, 6.45) is -3.72. The van der Waals surface area contributed by atoms with Crippen molar-refractivity contribution >= 4 is 15.9 Å². The van der Waals surface area contributed by atoms with Crippen LogP contribution >= 0.6 is 15.9 Å². The summed E-state index contributed by atoms with van der Waals surface area (Å²) in [7, 11) is 0. The molecule has 0 bridgehead atoms. The Hall–Kier alpha value is -0.550. The smallest absolute Gasteiger partial charge is 0.324 e. The Labute approximate surface area is 94.6 Å². The minimum Gasteiger partial charge on any atom is -0.324 e. The van der Waals surface area contributed by atoms with E-state index in [0.717, 1.165) is 12.1 Å². The van der Waals surface area contributed by atoms with Crippen LogP contribution in [0.1, 0.15) is 30.5 Å². The first-order valence-electron chi connectivity index (χ1n) is 4.48. The Morgan fingerprint density at radius 2 is 1.93 bits per heavy atom. The normalized spacial score (nSPS) is 14.0. The number of rotatable bonds is 2. The average molecular weight is 282 g/mol. The van der Waals surface area contributed by atoms with E-state index in [4.69, 9.17) is 5.73 Å². The van der Waals surface area contributed by atoms with Gasteiger partial charge in [0.15, 0.2) is 0 Å². The van der Waals surface area contributed by atoms with Crippen LogP contribution in [0.2, 0.25) is 0 Å². The zero-order chi connectivity index (χ0) is 11.6. The second kappa shape index (κ2) is 4.53. The van der Waals surface area contributed by atoms with Crippen molar-refractivity contribution < 1.29 is 13.2 Å². The van der Waals surface area contributed by atoms with Gasteiger partial charge < -0.3 is 5.73 Å². The maximum atomic E-state index is 12.5. The fraction of sp³-hybridized carbons (Fsp3) is 0.400. The predicted molar refractivity (Wildman–Crippen MR) is 56.4 cm³/mol. The molecule has 84 valence electrons. The topological polar surface area (TPSA) is 26.0 Å². The van der Waals surface area contributed by atoms with Crippen molar-refractivity contribution in [1.29, 1.82) is 0 Å². The molecule has 0 aliphatic rings. The van der Waals surface area contributed by atoms with E-state index < -0.39 is 11.7 Å². The van der Waals surface area contributed by atoms with Crippen LogP contribution in [0.5, 0.6) is 0 Å². The minimum atomic E-state index is -4.33. The van der Waals surface area contributed by atoms with Crippen LogP contribution in [0, 0.1) is 0 Å². The summed E-state index contributed by atoms with van der Waals surface area (Å²) in [6.45, 7) is 1.83. The van der Waals surface area contributed by atoms with Gasteiger partial charge in [-0.05, 0) is 30.2 Å². The molecule has 0 aliphatic carbocycles. The molecule has 2 N–H and O–H groups in total. The first-order valence-corrected chi connectivity index (χ1v) is 5.27. The third-order valence-corrected chi connectivity index (χ3v) is 2.57. The molecule has 0 aromatic heterocycles. The molecule has 0 amide bonds. The van der Waals surface area contributed by atoms with Crippen molar-refractivity contribution in [2.24, 2.45) is 5.73 Å². The van der Waals surface area contributed by atoms with Crippen molar-refractivity contribution in [2.75, 3.05) is 0 Å². The van der Waals surface area contributed by atoms with Crippen molar-refractivity contribution in [2.45, 2.75) is 25.6 Å². The molecule has 0 aliphatic heterocycles. The Kier molecular flexibility index (Phi) is 3.78. The Bertz CT molecular complexity index is 349. The summed E-state index contributed by atoms with van der Waals surface area (Å²) >= 11 is 3.05. The minimum absolute atomic E-state index is 0.358. The van der Waals surface area contributed by atoms with E-state index in [0.29, 0.717) is 16.5 Å². The van der Waals surface area contributed by atoms with E-state index in [1.807, 2.05) is 6.92 Å². The third-order valence-electron chi connectivity index (χ3n) is 2.12. The fourth-order valence-corrected chi connectivity index (χ4v) is 1.74. The molecule has 1 aromatic carbocycles. The summed E-state index contributed by atoms with van der Waals surface area (Å²) < 4.78 is 37.8. The summed E-state index contributed by atoms with van der Waals surface area (Å²) in [6, 6.07) is 3.40. The zero-order valence-corrected chi connectivity index (χ0v) is 9.69. The lowest BCUT2D eigenvalue weighted by atomic mass is 10.0. The lowest BCUT2D eigenvalue weighted by Gasteiger charge is -2.13. The van der Waals surface area contributed by atoms with Gasteiger partial charge in [-0.3, -0.25) is 0 Å². The van der Waals surface area contributed by atoms with Gasteiger partial charge in [-0.2, -0.15) is 13.2 Å². The lowest BCUT2D eigenvalue weighted by molar-refractivity contribution is -0.137. The molecule has 0 unspecified atom stereocenters. The quantitative estimate of drug-likeness (QED) is 0.875. The van der Waals surface area contributed by atoms with Gasteiger partial charge in [0, 0.05) is 10.5 Å². The van der Waals surface area contributed by atoms with E-state index in [9.17, 15) is 13.2 Å². The molecule has 1 nitrogen and oxygen atoms in total. The van der Waals surface area contributed by atoms with E-state index in [-0.39, 0.29) is 6.04 Å². The number of hydrogen-bond acceptors (Lipinski definition) is 1. The Balaban J connectivity index is 3.17. The van der Waals surface area contributed by atoms with Crippen molar-refractivity contribution in [3.05, 3.63) is 33.8 Å². The molecular weight excluding hydrogens is 271 g/mol. The summed E-state index contributed by atoms with van der Waals surface area (Å²) in [5, 5.41) is 0. The molecule has 1 aromatic rings. The maximum absolute atomic E-state index is 12.5. The highest BCUT2D eigenvalue weighted by Crippen LogP contribution is 2.33. The molecule has 15 heavy (non-hydrogen) atoms. The Morgan fingerprint density at radius 3 is 2.40 bits per heavy atom. The second-order valence-electron chi connectivity index (χ2n) is 3.29. The van der Waals surface area contributed by atoms with Crippen LogP contribution in [-0.2, 0) is 6.18 Å². The number of halogens is 4. The largest absolute Gasteiger partial charge is 0.416 e. The lowest BCUT2D eigenvalue weighted by Crippen LogP contribution is -2.11. The van der Waals surface area contributed by atoms with Crippen LogP contribution in [0.4, 0.5) is 13.2 Å². The van der Waals surface area contributed by atoms with Gasteiger partial charge in [0.1, 0.15) is 0 Å². The van der Waals surface area contributed by atoms with Crippen LogP contribution in [0.25, 0.3) is 0 Å². The van der Waals surface area contributed by atoms with Gasteiger partial charge in [0.25, 0.3) is 0 Å². The van der Waals surface area contributed by atoms with Gasteiger partial charge in [-0.15, -0.1) is 0 Å². The van der Waals surface area contributed by atoms with Crippen LogP contribution in [-0.4, -0.2) is 0 Å². The van der Waals surface area contributed by atoms with Crippen molar-refractivity contribution in [1.82, 2.24) is 0 Å². The molecule has 1 rings (SSSR count). The zero-order valence-electron chi connectivity index (χ0n) is 8.11. The van der Waals surface area contributed by atoms with E-state index in [1.54, 1.807) is 6.07 Å². The molecule has 5 heteroatoms. The molecular formula is C10H11BrF3N. The summed E-state index contributed by atoms with van der Waals surface area (Å²) in [5.41, 5.74) is 5.52. The van der Waals surface area contributed by atoms with Crippen LogP contribution in [0.3, 0.4) is 0 Å². The highest BCUT2D eigenvalue weighted by Gasteiger charge is 2.31. The second-order valence-corrected chi connectivity index (χ2v) is 4.20. The summed E-state index contributed by atoms with van der Waals surface area (Å²) in [4.78, 5) is 0. The fourth-order valence-electron chi connectivity index (χ4n) is 1.23. The van der Waals surface area contributed by atoms with Gasteiger partial charge in [0.2, 0.25) is 0 Å². The standard InChI is InChI=1S/C10H11BrF3N/c1-2-9(15)6-3-7(10(12,13)14)5-8(11)4-6/h3-5,9H,2,15H2,1H3/t9-/m1/s1. The molecule has 0 fully saturated rings. The number of benzene rings is 1. The highest BCUT2D eigenvalue weighted by molar-refractivity contribution is 9.10. The molecule has 0 heterocycles. The van der Waals surface area contributed by atoms with E-state index in [2.05, 4.69) is 15.9 Å². The third kappa shape index (κ3) is 3.21. The first kappa shape index (κ1) is 12.5. The molecule has 0 saturated carbocycles. The van der Waals surface area contributed by atoms with Crippen molar-refractivity contribution in [3.8, 4) is 0 Å². The average Bonchev–Trinajstić information content (AvgIpc) is 2.14. The first-order chi connectivity index (χ1) is 6.84. The van der Waals surface area contributed by atoms with E-state index >= 15 is 0 Å².